The van der Waals surface area contributed by atoms with Crippen molar-refractivity contribution in [3.8, 4) is 0 Å². The molecule has 1 aromatic carbocycles. The van der Waals surface area contributed by atoms with Crippen LogP contribution in [0.1, 0.15) is 12.0 Å². The Kier molecular flexibility index (Phi) is 3.06. The zero-order valence-corrected chi connectivity index (χ0v) is 11.0. The molecule has 0 unspecified atom stereocenters. The van der Waals surface area contributed by atoms with Crippen molar-refractivity contribution in [2.45, 2.75) is 18.4 Å². The minimum absolute atomic E-state index is 0.104. The zero-order valence-electron chi connectivity index (χ0n) is 11.0. The molecule has 0 bridgehead atoms. The molecule has 0 amide bonds. The molecule has 2 atom stereocenters. The van der Waals surface area contributed by atoms with Crippen LogP contribution in [0.15, 0.2) is 52.2 Å². The fraction of sp³-hybridized carbons (Fsp3) is 0.333. The molecule has 5 heteroatoms. The highest BCUT2D eigenvalue weighted by molar-refractivity contribution is 5.33. The van der Waals surface area contributed by atoms with Gasteiger partial charge in [-0.25, -0.2) is 4.79 Å². The fourth-order valence-corrected chi connectivity index (χ4v) is 2.90. The van der Waals surface area contributed by atoms with Crippen molar-refractivity contribution in [3.05, 3.63) is 69.0 Å². The quantitative estimate of drug-likeness (QED) is 0.850. The highest BCUT2D eigenvalue weighted by atomic mass is 16.3. The van der Waals surface area contributed by atoms with E-state index in [1.54, 1.807) is 0 Å². The van der Waals surface area contributed by atoms with E-state index in [4.69, 9.17) is 0 Å². The summed E-state index contributed by atoms with van der Waals surface area (Å²) in [6.07, 6.45) is 2.36. The summed E-state index contributed by atoms with van der Waals surface area (Å²) in [6.45, 7) is 0.574. The predicted octanol–water partition coefficient (Wildman–Crippen LogP) is 0.487. The highest BCUT2D eigenvalue weighted by Gasteiger charge is 2.54. The van der Waals surface area contributed by atoms with Crippen LogP contribution < -0.4 is 11.2 Å². The number of aliphatic hydroxyl groups excluding tert-OH is 1. The van der Waals surface area contributed by atoms with Gasteiger partial charge in [0.05, 0.1) is 0 Å². The van der Waals surface area contributed by atoms with Gasteiger partial charge in [0, 0.05) is 30.8 Å². The average molecular weight is 272 g/mol. The summed E-state index contributed by atoms with van der Waals surface area (Å²) < 4.78 is 1.50. The van der Waals surface area contributed by atoms with E-state index in [-0.39, 0.29) is 17.9 Å². The van der Waals surface area contributed by atoms with E-state index in [0.29, 0.717) is 6.54 Å². The van der Waals surface area contributed by atoms with Crippen molar-refractivity contribution in [2.75, 3.05) is 6.61 Å². The van der Waals surface area contributed by atoms with Gasteiger partial charge in [-0.3, -0.25) is 14.3 Å². The number of nitrogens with one attached hydrogen (secondary N) is 1. The van der Waals surface area contributed by atoms with E-state index in [1.807, 2.05) is 30.3 Å². The van der Waals surface area contributed by atoms with Gasteiger partial charge >= 0.3 is 5.69 Å². The normalized spacial score (nSPS) is 24.6. The van der Waals surface area contributed by atoms with Crippen molar-refractivity contribution >= 4 is 0 Å². The molecule has 0 saturated heterocycles. The summed E-state index contributed by atoms with van der Waals surface area (Å²) >= 11 is 0. The smallest absolute Gasteiger partial charge is 0.328 e. The first-order chi connectivity index (χ1) is 9.65. The van der Waals surface area contributed by atoms with Crippen LogP contribution in [-0.4, -0.2) is 21.3 Å². The van der Waals surface area contributed by atoms with Gasteiger partial charge in [-0.05, 0) is 17.9 Å². The molecule has 1 aliphatic carbocycles. The van der Waals surface area contributed by atoms with Crippen molar-refractivity contribution in [2.24, 2.45) is 5.92 Å². The van der Waals surface area contributed by atoms with Gasteiger partial charge in [0.2, 0.25) is 0 Å². The second-order valence-electron chi connectivity index (χ2n) is 5.34. The first kappa shape index (κ1) is 12.9. The Balaban J connectivity index is 1.97. The Morgan fingerprint density at radius 2 is 2.00 bits per heavy atom. The molecule has 3 rings (SSSR count). The molecule has 1 saturated carbocycles. The van der Waals surface area contributed by atoms with Gasteiger partial charge in [-0.2, -0.15) is 0 Å². The van der Waals surface area contributed by atoms with Crippen LogP contribution in [0.25, 0.3) is 0 Å². The zero-order chi connectivity index (χ0) is 14.2. The molecular weight excluding hydrogens is 256 g/mol. The second-order valence-corrected chi connectivity index (χ2v) is 5.34. The lowest BCUT2D eigenvalue weighted by molar-refractivity contribution is 0.258. The Morgan fingerprint density at radius 3 is 2.60 bits per heavy atom. The molecule has 2 aromatic rings. The lowest BCUT2D eigenvalue weighted by Gasteiger charge is -2.19. The van der Waals surface area contributed by atoms with Gasteiger partial charge in [0.15, 0.2) is 0 Å². The summed E-state index contributed by atoms with van der Waals surface area (Å²) in [5.74, 6) is 0.156. The van der Waals surface area contributed by atoms with E-state index < -0.39 is 11.2 Å². The van der Waals surface area contributed by atoms with Gasteiger partial charge in [0.1, 0.15) is 0 Å². The largest absolute Gasteiger partial charge is 0.396 e. The molecule has 0 spiro atoms. The SMILES string of the molecule is O=c1ccn(C[C@]2(c3ccccc3)C[C@@H]2CO)c(=O)[nH]1. The molecule has 2 N–H and O–H groups in total. The number of aromatic nitrogens is 2. The Bertz CT molecular complexity index is 720. The number of aromatic amines is 1. The maximum absolute atomic E-state index is 11.8. The first-order valence-electron chi connectivity index (χ1n) is 6.62. The summed E-state index contributed by atoms with van der Waals surface area (Å²) in [7, 11) is 0. The standard InChI is InChI=1S/C15H16N2O3/c18-9-12-8-15(12,11-4-2-1-3-5-11)10-17-7-6-13(19)16-14(17)20/h1-7,12,18H,8-10H2,(H,16,19,20)/t12-,15+/m1/s1. The van der Waals surface area contributed by atoms with Crippen molar-refractivity contribution < 1.29 is 5.11 Å². The third-order valence-electron chi connectivity index (χ3n) is 4.15. The van der Waals surface area contributed by atoms with Crippen molar-refractivity contribution in [3.63, 3.8) is 0 Å². The molecular formula is C15H16N2O3. The molecule has 1 fully saturated rings. The van der Waals surface area contributed by atoms with Gasteiger partial charge < -0.3 is 5.11 Å². The van der Waals surface area contributed by atoms with Crippen LogP contribution in [0.4, 0.5) is 0 Å². The number of nitrogens with zero attached hydrogens (tertiary/aromatic N) is 1. The Hall–Kier alpha value is -2.14. The maximum atomic E-state index is 11.8. The van der Waals surface area contributed by atoms with Crippen LogP contribution in [0.3, 0.4) is 0 Å². The number of benzene rings is 1. The molecule has 0 aliphatic heterocycles. The van der Waals surface area contributed by atoms with Crippen LogP contribution >= 0.6 is 0 Å². The lowest BCUT2D eigenvalue weighted by atomic mass is 9.93. The number of hydrogen-bond acceptors (Lipinski definition) is 3. The van der Waals surface area contributed by atoms with E-state index in [0.717, 1.165) is 12.0 Å². The van der Waals surface area contributed by atoms with E-state index in [1.165, 1.54) is 16.8 Å². The fourth-order valence-electron chi connectivity index (χ4n) is 2.90. The van der Waals surface area contributed by atoms with Crippen molar-refractivity contribution in [1.29, 1.82) is 0 Å². The minimum atomic E-state index is -0.406. The second kappa shape index (κ2) is 4.76. The summed E-state index contributed by atoms with van der Waals surface area (Å²) in [6, 6.07) is 11.2. The van der Waals surface area contributed by atoms with E-state index in [9.17, 15) is 14.7 Å². The number of aliphatic hydroxyl groups is 1. The van der Waals surface area contributed by atoms with Gasteiger partial charge in [-0.15, -0.1) is 0 Å². The average Bonchev–Trinajstić information content (AvgIpc) is 3.18. The van der Waals surface area contributed by atoms with Crippen LogP contribution in [0.2, 0.25) is 0 Å². The highest BCUT2D eigenvalue weighted by Crippen LogP contribution is 2.54. The van der Waals surface area contributed by atoms with E-state index >= 15 is 0 Å². The van der Waals surface area contributed by atoms with Crippen LogP contribution in [0.5, 0.6) is 0 Å². The molecule has 0 radical (unpaired) electrons. The number of H-pyrrole nitrogens is 1. The molecule has 1 aromatic heterocycles. The Labute approximate surface area is 115 Å². The van der Waals surface area contributed by atoms with E-state index in [2.05, 4.69) is 4.98 Å². The van der Waals surface area contributed by atoms with Crippen LogP contribution in [-0.2, 0) is 12.0 Å². The maximum Gasteiger partial charge on any atom is 0.328 e. The third-order valence-corrected chi connectivity index (χ3v) is 4.15. The predicted molar refractivity (Wildman–Crippen MR) is 74.6 cm³/mol. The Morgan fingerprint density at radius 1 is 1.25 bits per heavy atom. The number of hydrogen-bond donors (Lipinski definition) is 2. The summed E-state index contributed by atoms with van der Waals surface area (Å²) in [4.78, 5) is 25.2. The topological polar surface area (TPSA) is 75.1 Å². The summed E-state index contributed by atoms with van der Waals surface area (Å²) in [5, 5.41) is 9.45. The molecule has 5 nitrogen and oxygen atoms in total. The van der Waals surface area contributed by atoms with Gasteiger partial charge in [-0.1, -0.05) is 30.3 Å². The molecule has 1 heterocycles. The first-order valence-corrected chi connectivity index (χ1v) is 6.62. The minimum Gasteiger partial charge on any atom is -0.396 e. The summed E-state index contributed by atoms with van der Waals surface area (Å²) in [5.41, 5.74) is 0.112. The molecule has 20 heavy (non-hydrogen) atoms. The third kappa shape index (κ3) is 2.10. The molecule has 1 aliphatic rings. The lowest BCUT2D eigenvalue weighted by Crippen LogP contribution is -2.33. The van der Waals surface area contributed by atoms with Gasteiger partial charge in [0.25, 0.3) is 5.56 Å². The van der Waals surface area contributed by atoms with Crippen molar-refractivity contribution in [1.82, 2.24) is 9.55 Å². The number of rotatable bonds is 4. The molecule has 104 valence electrons. The van der Waals surface area contributed by atoms with Crippen LogP contribution in [0, 0.1) is 5.92 Å². The monoisotopic (exact) mass is 272 g/mol.